The number of amides is 2. The van der Waals surface area contributed by atoms with Crippen LogP contribution in [0.5, 0.6) is 0 Å². The lowest BCUT2D eigenvalue weighted by Gasteiger charge is -2.27. The van der Waals surface area contributed by atoms with E-state index in [0.29, 0.717) is 50.6 Å². The Morgan fingerprint density at radius 1 is 0.960 bits per heavy atom. The number of carbonyl (C=O) groups is 3. The van der Waals surface area contributed by atoms with Crippen LogP contribution in [-0.4, -0.2) is 54.8 Å². The van der Waals surface area contributed by atoms with Crippen LogP contribution < -0.4 is 0 Å². The second-order valence-electron chi connectivity index (χ2n) is 12.8. The average Bonchev–Trinajstić information content (AvgIpc) is 3.71. The summed E-state index contributed by atoms with van der Waals surface area (Å²) in [6.07, 6.45) is 0.726. The Kier molecular flexibility index (Phi) is 13.0. The smallest absolute Gasteiger partial charge is 0.416 e. The highest BCUT2D eigenvalue weighted by atomic mass is 16.6. The Balaban J connectivity index is 1.30. The zero-order chi connectivity index (χ0) is 35.5. The van der Waals surface area contributed by atoms with Crippen LogP contribution in [0.3, 0.4) is 0 Å². The highest BCUT2D eigenvalue weighted by Crippen LogP contribution is 2.37. The lowest BCUT2D eigenvalue weighted by Crippen LogP contribution is -2.44. The number of benzene rings is 3. The minimum atomic E-state index is -1.06. The van der Waals surface area contributed by atoms with Gasteiger partial charge in [-0.05, 0) is 55.9 Å². The number of imide groups is 1. The molecule has 2 heterocycles. The maximum Gasteiger partial charge on any atom is 0.416 e. The number of carbonyl (C=O) groups excluding carboxylic acids is 3. The largest absolute Gasteiger partial charge is 0.461 e. The van der Waals surface area contributed by atoms with Gasteiger partial charge in [0, 0.05) is 25.5 Å². The van der Waals surface area contributed by atoms with Crippen LogP contribution in [-0.2, 0) is 48.0 Å². The molecule has 1 aliphatic heterocycles. The molecule has 264 valence electrons. The van der Waals surface area contributed by atoms with Gasteiger partial charge in [-0.1, -0.05) is 97.4 Å². The van der Waals surface area contributed by atoms with Crippen molar-refractivity contribution in [2.45, 2.75) is 78.2 Å². The van der Waals surface area contributed by atoms with Crippen LogP contribution in [0.2, 0.25) is 0 Å². The van der Waals surface area contributed by atoms with Crippen molar-refractivity contribution in [1.29, 1.82) is 0 Å². The summed E-state index contributed by atoms with van der Waals surface area (Å²) in [5.41, 5.74) is 4.98. The van der Waals surface area contributed by atoms with Crippen LogP contribution in [0.15, 0.2) is 95.4 Å². The first-order chi connectivity index (χ1) is 24.2. The highest BCUT2D eigenvalue weighted by Gasteiger charge is 2.43. The normalized spacial score (nSPS) is 16.1. The number of hydrogen-bond acceptors (Lipinski definition) is 8. The maximum atomic E-state index is 14.0. The van der Waals surface area contributed by atoms with Gasteiger partial charge >= 0.3 is 12.1 Å². The Labute approximate surface area is 294 Å². The van der Waals surface area contributed by atoms with Crippen LogP contribution in [0.25, 0.3) is 11.1 Å². The van der Waals surface area contributed by atoms with Crippen molar-refractivity contribution in [1.82, 2.24) is 4.90 Å². The standard InChI is InChI=1S/C41H47NO8/c1-5-35(47-25-32-17-10-7-11-18-32)27-46-21-13-20-37-36(33-19-12-14-28(2)22-33)24-38(50-37)39(49-30(4)43)29(3)40(44)42-34(26-48-41(42)45)23-31-15-8-6-9-16-31/h6-12,14-19,22,24,29,34-35,39H,5,13,20-21,23,25-27H2,1-4H3/t29-,34-,35-,39-/m0/s1. The molecule has 1 fully saturated rings. The Morgan fingerprint density at radius 2 is 1.68 bits per heavy atom. The Morgan fingerprint density at radius 3 is 2.36 bits per heavy atom. The first-order valence-electron chi connectivity index (χ1n) is 17.4. The molecule has 0 aliphatic carbocycles. The summed E-state index contributed by atoms with van der Waals surface area (Å²) in [4.78, 5) is 40.4. The van der Waals surface area contributed by atoms with Gasteiger partial charge in [0.1, 0.15) is 18.1 Å². The third-order valence-corrected chi connectivity index (χ3v) is 8.87. The van der Waals surface area contributed by atoms with E-state index in [1.54, 1.807) is 6.92 Å². The summed E-state index contributed by atoms with van der Waals surface area (Å²) in [6.45, 7) is 8.65. The molecule has 1 aliphatic rings. The molecule has 1 aromatic heterocycles. The fourth-order valence-corrected chi connectivity index (χ4v) is 6.16. The van der Waals surface area contributed by atoms with Crippen molar-refractivity contribution in [2.24, 2.45) is 5.92 Å². The number of aryl methyl sites for hydroxylation is 2. The molecule has 0 unspecified atom stereocenters. The van der Waals surface area contributed by atoms with Gasteiger partial charge in [-0.2, -0.15) is 0 Å². The number of hydrogen-bond donors (Lipinski definition) is 0. The van der Waals surface area contributed by atoms with E-state index in [1.807, 2.05) is 91.9 Å². The Bertz CT molecular complexity index is 1700. The molecule has 0 radical (unpaired) electrons. The van der Waals surface area contributed by atoms with Crippen molar-refractivity contribution in [2.75, 3.05) is 19.8 Å². The van der Waals surface area contributed by atoms with Crippen LogP contribution in [0.1, 0.15) is 67.9 Å². The van der Waals surface area contributed by atoms with E-state index in [2.05, 4.69) is 13.0 Å². The van der Waals surface area contributed by atoms with Gasteiger partial charge in [-0.15, -0.1) is 0 Å². The van der Waals surface area contributed by atoms with Gasteiger partial charge in [-0.25, -0.2) is 9.69 Å². The second kappa shape index (κ2) is 17.8. The first kappa shape index (κ1) is 36.5. The van der Waals surface area contributed by atoms with Crippen molar-refractivity contribution >= 4 is 18.0 Å². The van der Waals surface area contributed by atoms with E-state index in [4.69, 9.17) is 23.4 Å². The summed E-state index contributed by atoms with van der Waals surface area (Å²) in [5.74, 6) is -0.967. The van der Waals surface area contributed by atoms with Crippen LogP contribution in [0.4, 0.5) is 4.79 Å². The lowest BCUT2D eigenvalue weighted by atomic mass is 9.97. The molecule has 0 spiro atoms. The zero-order valence-corrected chi connectivity index (χ0v) is 29.3. The van der Waals surface area contributed by atoms with Gasteiger partial charge in [0.2, 0.25) is 5.91 Å². The minimum Gasteiger partial charge on any atom is -0.461 e. The van der Waals surface area contributed by atoms with Crippen molar-refractivity contribution in [3.05, 3.63) is 119 Å². The fraction of sp³-hybridized carbons (Fsp3) is 0.390. The summed E-state index contributed by atoms with van der Waals surface area (Å²) < 4.78 is 29.6. The molecule has 1 saturated heterocycles. The molecule has 9 nitrogen and oxygen atoms in total. The van der Waals surface area contributed by atoms with E-state index < -0.39 is 36.0 Å². The minimum absolute atomic E-state index is 0.0167. The van der Waals surface area contributed by atoms with E-state index in [1.165, 1.54) is 6.92 Å². The number of esters is 1. The molecule has 2 amide bonds. The van der Waals surface area contributed by atoms with E-state index in [0.717, 1.165) is 39.1 Å². The predicted molar refractivity (Wildman–Crippen MR) is 189 cm³/mol. The summed E-state index contributed by atoms with van der Waals surface area (Å²) >= 11 is 0. The van der Waals surface area contributed by atoms with Gasteiger partial charge in [-0.3, -0.25) is 9.59 Å². The number of nitrogens with zero attached hydrogens (tertiary/aromatic N) is 1. The third kappa shape index (κ3) is 9.70. The topological polar surface area (TPSA) is 105 Å². The molecule has 9 heteroatoms. The zero-order valence-electron chi connectivity index (χ0n) is 29.3. The maximum absolute atomic E-state index is 14.0. The van der Waals surface area contributed by atoms with Crippen LogP contribution >= 0.6 is 0 Å². The quantitative estimate of drug-likeness (QED) is 0.0815. The molecular formula is C41H47NO8. The van der Waals surface area contributed by atoms with Gasteiger partial charge in [0.25, 0.3) is 0 Å². The summed E-state index contributed by atoms with van der Waals surface area (Å²) in [5, 5.41) is 0. The van der Waals surface area contributed by atoms with E-state index in [-0.39, 0.29) is 12.7 Å². The Hall–Kier alpha value is -4.73. The molecule has 50 heavy (non-hydrogen) atoms. The van der Waals surface area contributed by atoms with E-state index >= 15 is 0 Å². The molecule has 4 aromatic rings. The van der Waals surface area contributed by atoms with Crippen molar-refractivity contribution < 1.29 is 37.7 Å². The highest BCUT2D eigenvalue weighted by molar-refractivity contribution is 5.95. The van der Waals surface area contributed by atoms with Crippen molar-refractivity contribution in [3.63, 3.8) is 0 Å². The summed E-state index contributed by atoms with van der Waals surface area (Å²) in [7, 11) is 0. The molecular weight excluding hydrogens is 634 g/mol. The second-order valence-corrected chi connectivity index (χ2v) is 12.8. The monoisotopic (exact) mass is 681 g/mol. The first-order valence-corrected chi connectivity index (χ1v) is 17.4. The average molecular weight is 682 g/mol. The molecule has 0 saturated carbocycles. The number of ether oxygens (including phenoxy) is 4. The lowest BCUT2D eigenvalue weighted by molar-refractivity contribution is -0.154. The molecule has 5 rings (SSSR count). The van der Waals surface area contributed by atoms with Crippen molar-refractivity contribution in [3.8, 4) is 11.1 Å². The van der Waals surface area contributed by atoms with Gasteiger partial charge in [0.05, 0.1) is 31.3 Å². The summed E-state index contributed by atoms with van der Waals surface area (Å²) in [6, 6.07) is 29.1. The number of cyclic esters (lactones) is 1. The number of furan rings is 1. The van der Waals surface area contributed by atoms with Gasteiger partial charge in [0.15, 0.2) is 6.10 Å². The third-order valence-electron chi connectivity index (χ3n) is 8.87. The van der Waals surface area contributed by atoms with Crippen LogP contribution in [0, 0.1) is 12.8 Å². The molecule has 4 atom stereocenters. The van der Waals surface area contributed by atoms with Gasteiger partial charge < -0.3 is 23.4 Å². The molecule has 0 N–H and O–H groups in total. The number of rotatable bonds is 17. The van der Waals surface area contributed by atoms with E-state index in [9.17, 15) is 14.4 Å². The molecule has 0 bridgehead atoms. The SMILES string of the molecule is CC[C@@H](COCCCc1oc([C@@H](OC(C)=O)[C@H](C)C(=O)N2C(=O)OC[C@@H]2Cc2ccccc2)cc1-c1cccc(C)c1)OCc1ccccc1. The molecule has 3 aromatic carbocycles. The predicted octanol–water partition coefficient (Wildman–Crippen LogP) is 8.03. The fourth-order valence-electron chi connectivity index (χ4n) is 6.16.